The normalized spacial score (nSPS) is 23.4. The maximum atomic E-state index is 13.6. The number of aliphatic hydroxyl groups is 1. The molecule has 0 aliphatic heterocycles. The Morgan fingerprint density at radius 1 is 1.39 bits per heavy atom. The molecule has 1 aromatic carbocycles. The van der Waals surface area contributed by atoms with Gasteiger partial charge in [-0.25, -0.2) is 9.55 Å². The number of hydrogen-bond acceptors (Lipinski definition) is 10. The van der Waals surface area contributed by atoms with E-state index >= 15 is 0 Å². The van der Waals surface area contributed by atoms with Crippen molar-refractivity contribution >= 4 is 30.8 Å². The lowest BCUT2D eigenvalue weighted by molar-refractivity contribution is -0.138. The number of carboxylic acid groups (broad SMARTS) is 1. The number of imidazole rings is 1. The second kappa shape index (κ2) is 11.0. The number of fused-ring (bicyclic) bond motifs is 1. The lowest BCUT2D eigenvalue weighted by Crippen LogP contribution is -2.37. The van der Waals surface area contributed by atoms with Crippen molar-refractivity contribution < 1.29 is 33.4 Å². The van der Waals surface area contributed by atoms with Crippen LogP contribution in [0.5, 0.6) is 11.6 Å². The number of terminal acetylenes is 1. The van der Waals surface area contributed by atoms with Crippen molar-refractivity contribution in [3.63, 3.8) is 0 Å². The first-order valence-electron chi connectivity index (χ1n) is 11.9. The number of nitrogens with one attached hydrogen (secondary N) is 1. The smallest absolute Gasteiger partial charge is 0.459 e. The van der Waals surface area contributed by atoms with Crippen molar-refractivity contribution in [2.75, 3.05) is 18.9 Å². The van der Waals surface area contributed by atoms with Gasteiger partial charge in [-0.15, -0.1) is 6.42 Å². The van der Waals surface area contributed by atoms with Gasteiger partial charge in [0.05, 0.1) is 31.1 Å². The number of benzene rings is 1. The Hall–Kier alpha value is -3.69. The predicted octanol–water partition coefficient (Wildman–Crippen LogP) is 2.39. The number of rotatable bonds is 11. The lowest BCUT2D eigenvalue weighted by Gasteiger charge is -2.29. The summed E-state index contributed by atoms with van der Waals surface area (Å²) in [5.41, 5.74) is 5.43. The molecular formula is C24H29N6O7P. The van der Waals surface area contributed by atoms with Crippen LogP contribution in [0.3, 0.4) is 0 Å². The van der Waals surface area contributed by atoms with E-state index in [4.69, 9.17) is 25.9 Å². The highest BCUT2D eigenvalue weighted by Gasteiger charge is 2.49. The van der Waals surface area contributed by atoms with Gasteiger partial charge in [-0.3, -0.25) is 9.32 Å². The number of nitrogen functional groups attached to an aromatic ring is 1. The van der Waals surface area contributed by atoms with Crippen molar-refractivity contribution in [3.8, 4) is 24.0 Å². The molecule has 1 aliphatic rings. The summed E-state index contributed by atoms with van der Waals surface area (Å²) in [6.45, 7) is 3.09. The van der Waals surface area contributed by atoms with E-state index < -0.39 is 31.3 Å². The summed E-state index contributed by atoms with van der Waals surface area (Å²) in [4.78, 5) is 24.2. The Morgan fingerprint density at radius 3 is 2.79 bits per heavy atom. The van der Waals surface area contributed by atoms with E-state index in [1.807, 2.05) is 6.92 Å². The van der Waals surface area contributed by atoms with E-state index in [0.29, 0.717) is 17.8 Å². The van der Waals surface area contributed by atoms with Crippen LogP contribution in [0.25, 0.3) is 11.2 Å². The highest BCUT2D eigenvalue weighted by Crippen LogP contribution is 2.51. The number of nitrogens with zero attached hydrogens (tertiary/aromatic N) is 4. The molecule has 14 heteroatoms. The van der Waals surface area contributed by atoms with Gasteiger partial charge in [0.15, 0.2) is 11.2 Å². The van der Waals surface area contributed by atoms with Crippen LogP contribution < -0.4 is 20.1 Å². The molecule has 1 unspecified atom stereocenters. The van der Waals surface area contributed by atoms with E-state index in [9.17, 15) is 19.6 Å². The van der Waals surface area contributed by atoms with E-state index in [2.05, 4.69) is 26.0 Å². The average Bonchev–Trinajstić information content (AvgIpc) is 3.44. The number of anilines is 1. The number of aliphatic hydroxyl groups excluding tert-OH is 1. The quantitative estimate of drug-likeness (QED) is 0.204. The van der Waals surface area contributed by atoms with Crippen LogP contribution >= 0.6 is 7.75 Å². The molecule has 5 atom stereocenters. The molecule has 4 rings (SSSR count). The van der Waals surface area contributed by atoms with Gasteiger partial charge < -0.3 is 29.8 Å². The standard InChI is InChI=1S/C24H29N6O7P/c1-4-24(13-36-38(34,29-15(3)22(32)33)37-17-9-7-6-8-10-17)12-16(11-18(24)31)30-14-26-19-20(30)27-23(25)28-21(19)35-5-2/h1,6-10,14-16,18,31H,5,11-13H2,2-3H3,(H,29,34)(H,32,33)(H2,25,27,28)/t15?,16-,18-,24+,38-/m0/s1. The van der Waals surface area contributed by atoms with Crippen LogP contribution in [-0.4, -0.2) is 61.1 Å². The summed E-state index contributed by atoms with van der Waals surface area (Å²) in [5.74, 6) is 1.81. The average molecular weight is 545 g/mol. The third-order valence-corrected chi connectivity index (χ3v) is 7.91. The topological polar surface area (TPSA) is 184 Å². The Labute approximate surface area is 218 Å². The minimum atomic E-state index is -4.24. The zero-order chi connectivity index (χ0) is 27.5. The Kier molecular flexibility index (Phi) is 7.89. The molecule has 3 aromatic rings. The molecule has 1 saturated carbocycles. The number of nitrogens with two attached hydrogens (primary N) is 1. The van der Waals surface area contributed by atoms with Crippen molar-refractivity contribution in [2.24, 2.45) is 5.41 Å². The molecule has 0 radical (unpaired) electrons. The predicted molar refractivity (Wildman–Crippen MR) is 137 cm³/mol. The number of para-hydroxylation sites is 1. The van der Waals surface area contributed by atoms with Crippen LogP contribution in [0.15, 0.2) is 36.7 Å². The third-order valence-electron chi connectivity index (χ3n) is 6.28. The molecule has 0 bridgehead atoms. The van der Waals surface area contributed by atoms with Gasteiger partial charge in [0.2, 0.25) is 11.8 Å². The fraction of sp³-hybridized carbons (Fsp3) is 0.417. The Balaban J connectivity index is 1.59. The summed E-state index contributed by atoms with van der Waals surface area (Å²) in [5, 5.41) is 22.8. The minimum absolute atomic E-state index is 0.00501. The van der Waals surface area contributed by atoms with Gasteiger partial charge in [0, 0.05) is 6.04 Å². The molecule has 2 heterocycles. The number of hydrogen-bond donors (Lipinski definition) is 4. The Bertz CT molecular complexity index is 1390. The fourth-order valence-corrected chi connectivity index (χ4v) is 5.87. The first kappa shape index (κ1) is 27.3. The maximum absolute atomic E-state index is 13.6. The van der Waals surface area contributed by atoms with Crippen molar-refractivity contribution in [3.05, 3.63) is 36.7 Å². The van der Waals surface area contributed by atoms with Crippen LogP contribution in [0.4, 0.5) is 5.95 Å². The highest BCUT2D eigenvalue weighted by atomic mass is 31.2. The van der Waals surface area contributed by atoms with Crippen molar-refractivity contribution in [2.45, 2.75) is 44.9 Å². The van der Waals surface area contributed by atoms with Gasteiger partial charge in [-0.1, -0.05) is 24.1 Å². The van der Waals surface area contributed by atoms with Gasteiger partial charge in [0.1, 0.15) is 11.8 Å². The molecule has 0 saturated heterocycles. The zero-order valence-electron chi connectivity index (χ0n) is 20.9. The third kappa shape index (κ3) is 5.58. The SMILES string of the molecule is C#C[C@]1(CO[P@@](=O)(NC(C)C(=O)O)Oc2ccccc2)C[C@@H](n2cnc3c(OCC)nc(N)nc32)C[C@@H]1O. The first-order chi connectivity index (χ1) is 18.1. The number of carboxylic acids is 1. The molecule has 0 amide bonds. The summed E-state index contributed by atoms with van der Waals surface area (Å²) < 4.78 is 32.1. The monoisotopic (exact) mass is 544 g/mol. The number of ether oxygens (including phenoxy) is 1. The highest BCUT2D eigenvalue weighted by molar-refractivity contribution is 7.52. The molecule has 13 nitrogen and oxygen atoms in total. The molecule has 5 N–H and O–H groups in total. The summed E-state index contributed by atoms with van der Waals surface area (Å²) >= 11 is 0. The van der Waals surface area contributed by atoms with Gasteiger partial charge in [-0.2, -0.15) is 15.1 Å². The van der Waals surface area contributed by atoms with Crippen molar-refractivity contribution in [1.82, 2.24) is 24.6 Å². The molecular weight excluding hydrogens is 515 g/mol. The summed E-state index contributed by atoms with van der Waals surface area (Å²) in [6.07, 6.45) is 6.81. The van der Waals surface area contributed by atoms with Crippen LogP contribution in [-0.2, 0) is 13.9 Å². The number of aromatic nitrogens is 4. The van der Waals surface area contributed by atoms with E-state index in [0.717, 1.165) is 0 Å². The summed E-state index contributed by atoms with van der Waals surface area (Å²) in [7, 11) is -4.24. The minimum Gasteiger partial charge on any atom is -0.480 e. The molecule has 1 fully saturated rings. The number of aliphatic carboxylic acids is 1. The molecule has 38 heavy (non-hydrogen) atoms. The first-order valence-corrected chi connectivity index (χ1v) is 13.4. The van der Waals surface area contributed by atoms with Crippen LogP contribution in [0, 0.1) is 17.8 Å². The maximum Gasteiger partial charge on any atom is 0.459 e. The Morgan fingerprint density at radius 2 is 2.13 bits per heavy atom. The zero-order valence-corrected chi connectivity index (χ0v) is 21.7. The van der Waals surface area contributed by atoms with Gasteiger partial charge in [0.25, 0.3) is 0 Å². The van der Waals surface area contributed by atoms with Crippen LogP contribution in [0.2, 0.25) is 0 Å². The summed E-state index contributed by atoms with van der Waals surface area (Å²) in [6, 6.07) is 6.55. The van der Waals surface area contributed by atoms with Crippen LogP contribution in [0.1, 0.15) is 32.7 Å². The van der Waals surface area contributed by atoms with Crippen molar-refractivity contribution in [1.29, 1.82) is 0 Å². The molecule has 2 aromatic heterocycles. The fourth-order valence-electron chi connectivity index (χ4n) is 4.30. The van der Waals surface area contributed by atoms with Gasteiger partial charge >= 0.3 is 13.7 Å². The molecule has 1 aliphatic carbocycles. The van der Waals surface area contributed by atoms with E-state index in [1.165, 1.54) is 6.92 Å². The molecule has 202 valence electrons. The second-order valence-corrected chi connectivity index (χ2v) is 10.6. The lowest BCUT2D eigenvalue weighted by atomic mass is 9.86. The van der Waals surface area contributed by atoms with Gasteiger partial charge in [-0.05, 0) is 38.8 Å². The largest absolute Gasteiger partial charge is 0.480 e. The van der Waals surface area contributed by atoms with E-state index in [1.54, 1.807) is 41.2 Å². The van der Waals surface area contributed by atoms with E-state index in [-0.39, 0.29) is 43.1 Å². The second-order valence-electron chi connectivity index (χ2n) is 8.92. The number of carbonyl (C=O) groups is 1. The molecule has 0 spiro atoms.